The Labute approximate surface area is 149 Å². The number of carbonyl (C=O) groups is 1. The van der Waals surface area contributed by atoms with Gasteiger partial charge in [-0.25, -0.2) is 4.79 Å². The van der Waals surface area contributed by atoms with Crippen LogP contribution in [0.1, 0.15) is 38.0 Å². The number of ether oxygens (including phenoxy) is 1. The average Bonchev–Trinajstić information content (AvgIpc) is 2.59. The zero-order chi connectivity index (χ0) is 18.4. The van der Waals surface area contributed by atoms with E-state index in [1.807, 2.05) is 24.3 Å². The summed E-state index contributed by atoms with van der Waals surface area (Å²) in [5, 5.41) is 15.6. The Kier molecular flexibility index (Phi) is 6.04. The van der Waals surface area contributed by atoms with Crippen molar-refractivity contribution in [2.24, 2.45) is 0 Å². The predicted molar refractivity (Wildman–Crippen MR) is 100 cm³/mol. The SMILES string of the molecule is COc1ccc([C@@H](O)CNC(=O)Nc2ccc(C(C)(C)C)cc2)cc1. The van der Waals surface area contributed by atoms with Crippen molar-refractivity contribution >= 4 is 11.7 Å². The molecule has 2 aromatic carbocycles. The van der Waals surface area contributed by atoms with Gasteiger partial charge in [0, 0.05) is 12.2 Å². The molecule has 0 fully saturated rings. The molecule has 0 aliphatic carbocycles. The molecule has 0 saturated heterocycles. The number of aliphatic hydroxyl groups excluding tert-OH is 1. The van der Waals surface area contributed by atoms with Crippen LogP contribution in [-0.4, -0.2) is 24.8 Å². The number of rotatable bonds is 5. The molecule has 25 heavy (non-hydrogen) atoms. The van der Waals surface area contributed by atoms with E-state index in [4.69, 9.17) is 4.74 Å². The fraction of sp³-hybridized carbons (Fsp3) is 0.350. The lowest BCUT2D eigenvalue weighted by Crippen LogP contribution is -2.32. The molecular formula is C20H26N2O3. The summed E-state index contributed by atoms with van der Waals surface area (Å²) in [6.07, 6.45) is -0.778. The van der Waals surface area contributed by atoms with Gasteiger partial charge in [0.2, 0.25) is 0 Å². The number of anilines is 1. The molecule has 0 radical (unpaired) electrons. The number of amides is 2. The number of carbonyl (C=O) groups excluding carboxylic acids is 1. The molecule has 0 heterocycles. The van der Waals surface area contributed by atoms with Crippen LogP contribution in [0.15, 0.2) is 48.5 Å². The fourth-order valence-corrected chi connectivity index (χ4v) is 2.36. The summed E-state index contributed by atoms with van der Waals surface area (Å²) in [7, 11) is 1.59. The first-order valence-corrected chi connectivity index (χ1v) is 8.27. The van der Waals surface area contributed by atoms with Crippen molar-refractivity contribution in [1.29, 1.82) is 0 Å². The quantitative estimate of drug-likeness (QED) is 0.773. The summed E-state index contributed by atoms with van der Waals surface area (Å²) in [6.45, 7) is 6.55. The molecule has 3 N–H and O–H groups in total. The number of urea groups is 1. The van der Waals surface area contributed by atoms with Gasteiger partial charge in [0.25, 0.3) is 0 Å². The van der Waals surface area contributed by atoms with Crippen LogP contribution in [0.25, 0.3) is 0 Å². The second kappa shape index (κ2) is 8.03. The highest BCUT2D eigenvalue weighted by atomic mass is 16.5. The van der Waals surface area contributed by atoms with Gasteiger partial charge in [-0.3, -0.25) is 0 Å². The minimum Gasteiger partial charge on any atom is -0.497 e. The van der Waals surface area contributed by atoms with Gasteiger partial charge in [0.1, 0.15) is 5.75 Å². The molecule has 134 valence electrons. The van der Waals surface area contributed by atoms with Crippen LogP contribution in [-0.2, 0) is 5.41 Å². The first-order valence-electron chi connectivity index (χ1n) is 8.27. The normalized spacial score (nSPS) is 12.4. The van der Waals surface area contributed by atoms with E-state index >= 15 is 0 Å². The molecule has 5 nitrogen and oxygen atoms in total. The summed E-state index contributed by atoms with van der Waals surface area (Å²) in [5.74, 6) is 0.723. The predicted octanol–water partition coefficient (Wildman–Crippen LogP) is 3.85. The highest BCUT2D eigenvalue weighted by Crippen LogP contribution is 2.23. The molecule has 2 aromatic rings. The van der Waals surface area contributed by atoms with Gasteiger partial charge in [-0.2, -0.15) is 0 Å². The third-order valence-corrected chi connectivity index (χ3v) is 3.97. The molecule has 2 amide bonds. The van der Waals surface area contributed by atoms with Gasteiger partial charge in [-0.1, -0.05) is 45.0 Å². The molecule has 0 bridgehead atoms. The van der Waals surface area contributed by atoms with Crippen LogP contribution in [0.4, 0.5) is 10.5 Å². The molecule has 5 heteroatoms. The number of benzene rings is 2. The first kappa shape index (κ1) is 18.8. The second-order valence-corrected chi connectivity index (χ2v) is 6.95. The van der Waals surface area contributed by atoms with Gasteiger partial charge in [-0.05, 0) is 40.8 Å². The Morgan fingerprint density at radius 1 is 1.08 bits per heavy atom. The highest BCUT2D eigenvalue weighted by molar-refractivity contribution is 5.89. The van der Waals surface area contributed by atoms with E-state index in [1.165, 1.54) is 5.56 Å². The minimum atomic E-state index is -0.778. The van der Waals surface area contributed by atoms with Crippen molar-refractivity contribution in [2.45, 2.75) is 32.3 Å². The minimum absolute atomic E-state index is 0.0727. The molecule has 2 rings (SSSR count). The number of hydrogen-bond acceptors (Lipinski definition) is 3. The lowest BCUT2D eigenvalue weighted by molar-refractivity contribution is 0.175. The maximum absolute atomic E-state index is 12.0. The average molecular weight is 342 g/mol. The van der Waals surface area contributed by atoms with E-state index < -0.39 is 6.10 Å². The van der Waals surface area contributed by atoms with Gasteiger partial charge >= 0.3 is 6.03 Å². The van der Waals surface area contributed by atoms with Crippen molar-refractivity contribution in [2.75, 3.05) is 19.0 Å². The third-order valence-electron chi connectivity index (χ3n) is 3.97. The standard InChI is InChI=1S/C20H26N2O3/c1-20(2,3)15-7-9-16(10-8-15)22-19(24)21-13-18(23)14-5-11-17(25-4)12-6-14/h5-12,18,23H,13H2,1-4H3,(H2,21,22,24)/t18-/m0/s1. The van der Waals surface area contributed by atoms with E-state index in [0.717, 1.165) is 11.3 Å². The molecule has 0 aliphatic heterocycles. The maximum atomic E-state index is 12.0. The summed E-state index contributed by atoms with van der Waals surface area (Å²) in [6, 6.07) is 14.5. The lowest BCUT2D eigenvalue weighted by Gasteiger charge is -2.19. The van der Waals surface area contributed by atoms with E-state index in [9.17, 15) is 9.90 Å². The summed E-state index contributed by atoms with van der Waals surface area (Å²) in [4.78, 5) is 12.0. The van der Waals surface area contributed by atoms with E-state index in [-0.39, 0.29) is 18.0 Å². The van der Waals surface area contributed by atoms with Crippen molar-refractivity contribution in [1.82, 2.24) is 5.32 Å². The highest BCUT2D eigenvalue weighted by Gasteiger charge is 2.13. The Hall–Kier alpha value is -2.53. The maximum Gasteiger partial charge on any atom is 0.319 e. The van der Waals surface area contributed by atoms with Crippen molar-refractivity contribution in [3.05, 3.63) is 59.7 Å². The zero-order valence-corrected chi connectivity index (χ0v) is 15.2. The van der Waals surface area contributed by atoms with Crippen LogP contribution in [0.3, 0.4) is 0 Å². The van der Waals surface area contributed by atoms with Crippen molar-refractivity contribution in [3.8, 4) is 5.75 Å². The molecular weight excluding hydrogens is 316 g/mol. The Morgan fingerprint density at radius 3 is 2.20 bits per heavy atom. The summed E-state index contributed by atoms with van der Waals surface area (Å²) >= 11 is 0. The monoisotopic (exact) mass is 342 g/mol. The van der Waals surface area contributed by atoms with Crippen LogP contribution >= 0.6 is 0 Å². The van der Waals surface area contributed by atoms with Crippen LogP contribution in [0, 0.1) is 0 Å². The number of nitrogens with one attached hydrogen (secondary N) is 2. The van der Waals surface area contributed by atoms with Crippen molar-refractivity contribution < 1.29 is 14.6 Å². The van der Waals surface area contributed by atoms with Crippen LogP contribution < -0.4 is 15.4 Å². The number of methoxy groups -OCH3 is 1. The van der Waals surface area contributed by atoms with Crippen LogP contribution in [0.5, 0.6) is 5.75 Å². The zero-order valence-electron chi connectivity index (χ0n) is 15.2. The molecule has 0 unspecified atom stereocenters. The molecule has 0 aromatic heterocycles. The molecule has 0 aliphatic rings. The van der Waals surface area contributed by atoms with E-state index in [0.29, 0.717) is 5.69 Å². The smallest absolute Gasteiger partial charge is 0.319 e. The molecule has 0 saturated carbocycles. The Bertz CT molecular complexity index is 688. The third kappa shape index (κ3) is 5.50. The lowest BCUT2D eigenvalue weighted by atomic mass is 9.87. The van der Waals surface area contributed by atoms with Gasteiger partial charge in [0.05, 0.1) is 13.2 Å². The Morgan fingerprint density at radius 2 is 1.68 bits per heavy atom. The van der Waals surface area contributed by atoms with E-state index in [2.05, 4.69) is 31.4 Å². The van der Waals surface area contributed by atoms with Gasteiger partial charge in [-0.15, -0.1) is 0 Å². The Balaban J connectivity index is 1.85. The first-order chi connectivity index (χ1) is 11.8. The number of aliphatic hydroxyl groups is 1. The summed E-state index contributed by atoms with van der Waals surface area (Å²) in [5.41, 5.74) is 2.71. The second-order valence-electron chi connectivity index (χ2n) is 6.95. The van der Waals surface area contributed by atoms with E-state index in [1.54, 1.807) is 31.4 Å². The summed E-state index contributed by atoms with van der Waals surface area (Å²) < 4.78 is 5.08. The van der Waals surface area contributed by atoms with Gasteiger partial charge in [0.15, 0.2) is 0 Å². The van der Waals surface area contributed by atoms with Crippen molar-refractivity contribution in [3.63, 3.8) is 0 Å². The largest absolute Gasteiger partial charge is 0.497 e. The number of hydrogen-bond donors (Lipinski definition) is 3. The fourth-order valence-electron chi connectivity index (χ4n) is 2.36. The topological polar surface area (TPSA) is 70.6 Å². The van der Waals surface area contributed by atoms with Gasteiger partial charge < -0.3 is 20.5 Å². The molecule has 0 spiro atoms. The molecule has 1 atom stereocenters. The van der Waals surface area contributed by atoms with Crippen LogP contribution in [0.2, 0.25) is 0 Å².